The van der Waals surface area contributed by atoms with Crippen LogP contribution in [0.5, 0.6) is 11.8 Å². The predicted octanol–water partition coefficient (Wildman–Crippen LogP) is 3.54. The molecule has 8 nitrogen and oxygen atoms in total. The third-order valence-electron chi connectivity index (χ3n) is 6.10. The molecule has 0 saturated heterocycles. The molecule has 3 aliphatic rings. The number of hydrogen-bond donors (Lipinski definition) is 0. The lowest BCUT2D eigenvalue weighted by molar-refractivity contribution is 0.165. The number of ether oxygens (including phenoxy) is 2. The summed E-state index contributed by atoms with van der Waals surface area (Å²) in [6.45, 7) is 11.3. The van der Waals surface area contributed by atoms with Gasteiger partial charge in [0.25, 0.3) is 5.70 Å². The summed E-state index contributed by atoms with van der Waals surface area (Å²) in [6.07, 6.45) is -1.52. The zero-order valence-electron chi connectivity index (χ0n) is 17.1. The van der Waals surface area contributed by atoms with Crippen molar-refractivity contribution in [2.45, 2.75) is 37.9 Å². The van der Waals surface area contributed by atoms with Crippen molar-refractivity contribution < 1.29 is 9.47 Å². The first-order chi connectivity index (χ1) is 15.5. The quantitative estimate of drug-likeness (QED) is 0.474. The third-order valence-corrected chi connectivity index (χ3v) is 6.10. The van der Waals surface area contributed by atoms with Crippen molar-refractivity contribution in [3.63, 3.8) is 0 Å². The monoisotopic (exact) mass is 418 g/mol. The van der Waals surface area contributed by atoms with Crippen molar-refractivity contribution in [3.8, 4) is 30.0 Å². The number of nitriles is 3. The zero-order chi connectivity index (χ0) is 22.6. The second kappa shape index (κ2) is 6.95. The van der Waals surface area contributed by atoms with Gasteiger partial charge in [0.15, 0.2) is 0 Å². The van der Waals surface area contributed by atoms with E-state index in [1.165, 1.54) is 0 Å². The molecule has 4 heterocycles. The summed E-state index contributed by atoms with van der Waals surface area (Å²) in [5, 5.41) is 29.3. The fourth-order valence-electron chi connectivity index (χ4n) is 4.84. The zero-order valence-corrected chi connectivity index (χ0v) is 17.1. The minimum absolute atomic E-state index is 0.0723. The number of aromatic nitrogens is 2. The Labute approximate surface area is 184 Å². The smallest absolute Gasteiger partial charge is 0.265 e. The van der Waals surface area contributed by atoms with E-state index >= 15 is 0 Å². The van der Waals surface area contributed by atoms with E-state index in [-0.39, 0.29) is 11.3 Å². The third kappa shape index (κ3) is 2.51. The molecule has 2 aromatic rings. The van der Waals surface area contributed by atoms with Crippen molar-refractivity contribution in [2.75, 3.05) is 0 Å². The summed E-state index contributed by atoms with van der Waals surface area (Å²) in [5.41, 5.74) is 3.65. The van der Waals surface area contributed by atoms with E-state index in [1.807, 2.05) is 56.3 Å². The second-order valence-corrected chi connectivity index (χ2v) is 7.81. The molecule has 32 heavy (non-hydrogen) atoms. The molecular formula is C24H14N6O2. The van der Waals surface area contributed by atoms with E-state index in [2.05, 4.69) is 14.8 Å². The number of rotatable bonds is 0. The van der Waals surface area contributed by atoms with E-state index < -0.39 is 24.0 Å². The summed E-state index contributed by atoms with van der Waals surface area (Å²) in [5.74, 6) is -0.418. The molecule has 8 heteroatoms. The van der Waals surface area contributed by atoms with Crippen LogP contribution >= 0.6 is 0 Å². The fourth-order valence-corrected chi connectivity index (χ4v) is 4.84. The summed E-state index contributed by atoms with van der Waals surface area (Å²) in [6, 6.07) is 13.3. The minimum Gasteiger partial charge on any atom is -0.470 e. The van der Waals surface area contributed by atoms with Gasteiger partial charge in [-0.1, -0.05) is 12.1 Å². The van der Waals surface area contributed by atoms with Crippen LogP contribution in [-0.4, -0.2) is 22.2 Å². The summed E-state index contributed by atoms with van der Waals surface area (Å²) in [7, 11) is 0. The molecule has 1 saturated carbocycles. The maximum atomic E-state index is 9.77. The van der Waals surface area contributed by atoms with Crippen LogP contribution in [0, 0.1) is 54.4 Å². The first-order valence-electron chi connectivity index (χ1n) is 9.86. The molecule has 0 radical (unpaired) electrons. The number of nitrogens with zero attached hydrogens (tertiary/aromatic N) is 6. The van der Waals surface area contributed by atoms with Crippen LogP contribution in [0.15, 0.2) is 46.7 Å². The predicted molar refractivity (Wildman–Crippen MR) is 110 cm³/mol. The van der Waals surface area contributed by atoms with Gasteiger partial charge in [-0.15, -0.1) is 0 Å². The van der Waals surface area contributed by atoms with E-state index in [4.69, 9.17) is 16.0 Å². The Morgan fingerprint density at radius 2 is 1.34 bits per heavy atom. The maximum Gasteiger partial charge on any atom is 0.265 e. The van der Waals surface area contributed by atoms with Gasteiger partial charge in [0.1, 0.15) is 29.9 Å². The SMILES string of the molecule is [C-]#[N+]/C(C#N)=C1/C2Oc3nc(C)ccc3C2C(=C(C#N)C#N)C2Oc3nc(C)ccc3C12. The van der Waals surface area contributed by atoms with Crippen molar-refractivity contribution >= 4 is 0 Å². The van der Waals surface area contributed by atoms with Gasteiger partial charge < -0.3 is 9.47 Å². The Morgan fingerprint density at radius 3 is 1.81 bits per heavy atom. The molecule has 2 aromatic heterocycles. The lowest BCUT2D eigenvalue weighted by atomic mass is 9.66. The van der Waals surface area contributed by atoms with Crippen LogP contribution in [0.2, 0.25) is 0 Å². The highest BCUT2D eigenvalue weighted by Gasteiger charge is 2.57. The highest BCUT2D eigenvalue weighted by Crippen LogP contribution is 2.59. The molecule has 2 aliphatic heterocycles. The summed E-state index contributed by atoms with van der Waals surface area (Å²) in [4.78, 5) is 12.4. The van der Waals surface area contributed by atoms with Crippen LogP contribution in [0.1, 0.15) is 34.4 Å². The number of pyridine rings is 2. The van der Waals surface area contributed by atoms with Gasteiger partial charge in [0.05, 0.1) is 18.6 Å². The molecule has 1 aliphatic carbocycles. The Kier molecular flexibility index (Phi) is 4.19. The van der Waals surface area contributed by atoms with Crippen LogP contribution in [0.3, 0.4) is 0 Å². The Bertz CT molecular complexity index is 1280. The van der Waals surface area contributed by atoms with Crippen molar-refractivity contribution in [1.29, 1.82) is 15.8 Å². The van der Waals surface area contributed by atoms with Gasteiger partial charge in [-0.05, 0) is 31.6 Å². The minimum atomic E-state index is -0.759. The first kappa shape index (κ1) is 19.3. The van der Waals surface area contributed by atoms with Crippen molar-refractivity contribution in [2.24, 2.45) is 0 Å². The highest BCUT2D eigenvalue weighted by atomic mass is 16.5. The van der Waals surface area contributed by atoms with E-state index in [0.717, 1.165) is 11.4 Å². The van der Waals surface area contributed by atoms with E-state index in [1.54, 1.807) is 0 Å². The number of fused-ring (bicyclic) bond motifs is 6. The van der Waals surface area contributed by atoms with Crippen LogP contribution < -0.4 is 9.47 Å². The molecule has 5 rings (SSSR count). The van der Waals surface area contributed by atoms with E-state index in [0.29, 0.717) is 34.0 Å². The van der Waals surface area contributed by atoms with Gasteiger partial charge in [0.2, 0.25) is 11.8 Å². The lowest BCUT2D eigenvalue weighted by Gasteiger charge is -2.38. The number of hydrogen-bond acceptors (Lipinski definition) is 7. The second-order valence-electron chi connectivity index (χ2n) is 7.81. The van der Waals surface area contributed by atoms with Gasteiger partial charge in [-0.25, -0.2) is 20.1 Å². The molecule has 152 valence electrons. The maximum absolute atomic E-state index is 9.77. The molecule has 1 fully saturated rings. The fraction of sp³-hybridized carbons (Fsp3) is 0.250. The molecule has 4 atom stereocenters. The standard InChI is InChI=1S/C24H14N6O2/c1-11-4-6-14-18-17(13(8-25)9-26)21-19(15-7-5-12(2)30-24(15)31-21)20(16(10-27)28-3)22(18)32-23(14)29-11/h4-7,18-19,21-22H,1-2H3/b20-16+. The van der Waals surface area contributed by atoms with Gasteiger partial charge in [-0.2, -0.15) is 10.5 Å². The van der Waals surface area contributed by atoms with Gasteiger partial charge in [0, 0.05) is 34.0 Å². The first-order valence-corrected chi connectivity index (χ1v) is 9.86. The Balaban J connectivity index is 1.86. The molecule has 0 amide bonds. The average Bonchev–Trinajstić information content (AvgIpc) is 3.33. The number of allylic oxidation sites excluding steroid dienone is 2. The highest BCUT2D eigenvalue weighted by molar-refractivity contribution is 5.63. The Hall–Kier alpha value is -4.66. The Morgan fingerprint density at radius 1 is 0.844 bits per heavy atom. The van der Waals surface area contributed by atoms with Crippen LogP contribution in [0.25, 0.3) is 4.85 Å². The largest absolute Gasteiger partial charge is 0.470 e. The molecule has 4 unspecified atom stereocenters. The normalized spacial score (nSPS) is 25.2. The molecule has 0 N–H and O–H groups in total. The van der Waals surface area contributed by atoms with Gasteiger partial charge >= 0.3 is 0 Å². The van der Waals surface area contributed by atoms with Crippen LogP contribution in [0.4, 0.5) is 0 Å². The molecule has 0 aromatic carbocycles. The summed E-state index contributed by atoms with van der Waals surface area (Å²) >= 11 is 0. The molecule has 0 spiro atoms. The number of aryl methyl sites for hydroxylation is 2. The lowest BCUT2D eigenvalue weighted by Crippen LogP contribution is -2.41. The van der Waals surface area contributed by atoms with Crippen molar-refractivity contribution in [3.05, 3.63) is 80.6 Å². The van der Waals surface area contributed by atoms with Crippen LogP contribution in [-0.2, 0) is 0 Å². The van der Waals surface area contributed by atoms with Gasteiger partial charge in [-0.3, -0.25) is 0 Å². The summed E-state index contributed by atoms with van der Waals surface area (Å²) < 4.78 is 12.4. The van der Waals surface area contributed by atoms with E-state index in [9.17, 15) is 15.8 Å². The molecule has 0 bridgehead atoms. The average molecular weight is 418 g/mol. The topological polar surface area (TPSA) is 120 Å². The molecular weight excluding hydrogens is 404 g/mol. The van der Waals surface area contributed by atoms with Crippen molar-refractivity contribution in [1.82, 2.24) is 9.97 Å².